The maximum absolute atomic E-state index is 12.1. The minimum Gasteiger partial charge on any atom is -0.304 e. The first-order valence-electron chi connectivity index (χ1n) is 6.67. The third-order valence-electron chi connectivity index (χ3n) is 3.18. The van der Waals surface area contributed by atoms with E-state index in [0.29, 0.717) is 21.6 Å². The largest absolute Gasteiger partial charge is 0.304 e. The van der Waals surface area contributed by atoms with Crippen molar-refractivity contribution in [1.82, 2.24) is 5.32 Å². The molecular weight excluding hydrogens is 339 g/mol. The first-order valence-corrected chi connectivity index (χ1v) is 8.30. The molecule has 3 nitrogen and oxygen atoms in total. The maximum Gasteiger partial charge on any atom is 0.239 e. The molecule has 0 saturated carbocycles. The number of thioether (sulfide) groups is 1. The number of amides is 1. The highest BCUT2D eigenvalue weighted by Gasteiger charge is 2.30. The Morgan fingerprint density at radius 1 is 1.14 bits per heavy atom. The van der Waals surface area contributed by atoms with Crippen molar-refractivity contribution in [3.05, 3.63) is 64.1 Å². The van der Waals surface area contributed by atoms with E-state index in [1.54, 1.807) is 18.2 Å². The van der Waals surface area contributed by atoms with Gasteiger partial charge in [-0.15, -0.1) is 0 Å². The minimum absolute atomic E-state index is 0.0595. The molecular formula is C16H12Cl2N2OS. The summed E-state index contributed by atoms with van der Waals surface area (Å²) in [6, 6.07) is 14.8. The molecule has 1 heterocycles. The van der Waals surface area contributed by atoms with Crippen LogP contribution in [0.5, 0.6) is 0 Å². The highest BCUT2D eigenvalue weighted by Crippen LogP contribution is 2.29. The topological polar surface area (TPSA) is 41.5 Å². The van der Waals surface area contributed by atoms with Crippen LogP contribution in [0.3, 0.4) is 0 Å². The third-order valence-corrected chi connectivity index (χ3v) is 4.86. The van der Waals surface area contributed by atoms with E-state index in [2.05, 4.69) is 10.3 Å². The van der Waals surface area contributed by atoms with E-state index < -0.39 is 0 Å². The molecule has 0 radical (unpaired) electrons. The molecule has 1 amide bonds. The van der Waals surface area contributed by atoms with Gasteiger partial charge in [0.2, 0.25) is 5.91 Å². The highest BCUT2D eigenvalue weighted by molar-refractivity contribution is 8.15. The van der Waals surface area contributed by atoms with Gasteiger partial charge in [-0.1, -0.05) is 53.2 Å². The van der Waals surface area contributed by atoms with E-state index in [0.717, 1.165) is 11.3 Å². The van der Waals surface area contributed by atoms with E-state index in [9.17, 15) is 4.79 Å². The molecule has 0 aromatic heterocycles. The fraction of sp³-hybridized carbons (Fsp3) is 0.125. The van der Waals surface area contributed by atoms with Crippen molar-refractivity contribution < 1.29 is 4.79 Å². The van der Waals surface area contributed by atoms with Gasteiger partial charge in [-0.3, -0.25) is 4.79 Å². The molecule has 1 N–H and O–H groups in total. The lowest BCUT2D eigenvalue weighted by Crippen LogP contribution is -2.26. The number of halogens is 2. The summed E-state index contributed by atoms with van der Waals surface area (Å²) in [5, 5.41) is 4.39. The van der Waals surface area contributed by atoms with Crippen LogP contribution in [0, 0.1) is 0 Å². The zero-order chi connectivity index (χ0) is 15.5. The van der Waals surface area contributed by atoms with Crippen molar-refractivity contribution in [3.8, 4) is 0 Å². The minimum atomic E-state index is -0.251. The summed E-state index contributed by atoms with van der Waals surface area (Å²) < 4.78 is 0. The van der Waals surface area contributed by atoms with Crippen LogP contribution in [0.1, 0.15) is 5.56 Å². The molecule has 112 valence electrons. The molecule has 1 unspecified atom stereocenters. The molecule has 6 heteroatoms. The highest BCUT2D eigenvalue weighted by atomic mass is 35.5. The van der Waals surface area contributed by atoms with Gasteiger partial charge in [-0.2, -0.15) is 0 Å². The molecule has 22 heavy (non-hydrogen) atoms. The van der Waals surface area contributed by atoms with Crippen molar-refractivity contribution >= 4 is 51.7 Å². The van der Waals surface area contributed by atoms with Gasteiger partial charge in [0.05, 0.1) is 10.9 Å². The summed E-state index contributed by atoms with van der Waals surface area (Å²) in [4.78, 5) is 16.5. The predicted molar refractivity (Wildman–Crippen MR) is 93.2 cm³/mol. The van der Waals surface area contributed by atoms with Gasteiger partial charge in [0, 0.05) is 10.0 Å². The van der Waals surface area contributed by atoms with E-state index in [4.69, 9.17) is 23.2 Å². The molecule has 1 fully saturated rings. The maximum atomic E-state index is 12.1. The predicted octanol–water partition coefficient (Wildman–Crippen LogP) is 4.46. The number of benzene rings is 2. The lowest BCUT2D eigenvalue weighted by molar-refractivity contribution is -0.118. The number of carbonyl (C=O) groups excluding carboxylic acids is 1. The fourth-order valence-electron chi connectivity index (χ4n) is 2.11. The second-order valence-corrected chi connectivity index (χ2v) is 6.82. The Labute approximate surface area is 142 Å². The molecule has 2 aromatic carbocycles. The average molecular weight is 351 g/mol. The molecule has 0 spiro atoms. The van der Waals surface area contributed by atoms with E-state index in [1.807, 2.05) is 30.3 Å². The van der Waals surface area contributed by atoms with Crippen molar-refractivity contribution in [2.75, 3.05) is 0 Å². The van der Waals surface area contributed by atoms with Crippen LogP contribution in [0.25, 0.3) is 0 Å². The monoisotopic (exact) mass is 350 g/mol. The Morgan fingerprint density at radius 2 is 1.91 bits per heavy atom. The van der Waals surface area contributed by atoms with Crippen LogP contribution >= 0.6 is 35.0 Å². The first kappa shape index (κ1) is 15.4. The Morgan fingerprint density at radius 3 is 2.68 bits per heavy atom. The number of para-hydroxylation sites is 1. The summed E-state index contributed by atoms with van der Waals surface area (Å²) >= 11 is 13.6. The number of hydrogen-bond acceptors (Lipinski definition) is 3. The summed E-state index contributed by atoms with van der Waals surface area (Å²) in [5.41, 5.74) is 1.68. The normalized spacial score (nSPS) is 19.5. The summed E-state index contributed by atoms with van der Waals surface area (Å²) in [5.74, 6) is -0.0595. The van der Waals surface area contributed by atoms with E-state index in [1.165, 1.54) is 11.8 Å². The Bertz CT molecular complexity index is 734. The zero-order valence-electron chi connectivity index (χ0n) is 11.4. The second-order valence-electron chi connectivity index (χ2n) is 4.79. The fourth-order valence-corrected chi connectivity index (χ4v) is 3.52. The number of carbonyl (C=O) groups is 1. The molecule has 0 bridgehead atoms. The number of nitrogens with zero attached hydrogens (tertiary/aromatic N) is 1. The Hall–Kier alpha value is -1.49. The van der Waals surface area contributed by atoms with Gasteiger partial charge in [0.1, 0.15) is 0 Å². The number of rotatable bonds is 3. The SMILES string of the molecule is O=C1NC(=Nc2ccccc2)SC1Cc1cc(Cl)ccc1Cl. The molecule has 1 atom stereocenters. The van der Waals surface area contributed by atoms with Gasteiger partial charge in [-0.25, -0.2) is 4.99 Å². The molecule has 1 saturated heterocycles. The van der Waals surface area contributed by atoms with Crippen LogP contribution in [0.2, 0.25) is 10.0 Å². The van der Waals surface area contributed by atoms with Crippen molar-refractivity contribution in [3.63, 3.8) is 0 Å². The first-order chi connectivity index (χ1) is 10.6. The Balaban J connectivity index is 1.75. The molecule has 1 aliphatic heterocycles. The molecule has 0 aliphatic carbocycles. The third kappa shape index (κ3) is 3.64. The van der Waals surface area contributed by atoms with Gasteiger partial charge < -0.3 is 5.32 Å². The number of nitrogens with one attached hydrogen (secondary N) is 1. The van der Waals surface area contributed by atoms with Gasteiger partial charge in [0.25, 0.3) is 0 Å². The number of hydrogen-bond donors (Lipinski definition) is 1. The lowest BCUT2D eigenvalue weighted by atomic mass is 10.1. The molecule has 2 aromatic rings. The van der Waals surface area contributed by atoms with Crippen molar-refractivity contribution in [2.45, 2.75) is 11.7 Å². The smallest absolute Gasteiger partial charge is 0.239 e. The zero-order valence-corrected chi connectivity index (χ0v) is 13.8. The Kier molecular flexibility index (Phi) is 4.71. The quantitative estimate of drug-likeness (QED) is 0.887. The molecule has 1 aliphatic rings. The van der Waals surface area contributed by atoms with Crippen LogP contribution in [0.15, 0.2) is 53.5 Å². The standard InChI is InChI=1S/C16H12Cl2N2OS/c17-11-6-7-13(18)10(8-11)9-14-15(21)20-16(22-14)19-12-4-2-1-3-5-12/h1-8,14H,9H2,(H,19,20,21). The van der Waals surface area contributed by atoms with Gasteiger partial charge >= 0.3 is 0 Å². The number of amidine groups is 1. The summed E-state index contributed by atoms with van der Waals surface area (Å²) in [6.07, 6.45) is 0.518. The van der Waals surface area contributed by atoms with Crippen molar-refractivity contribution in [1.29, 1.82) is 0 Å². The van der Waals surface area contributed by atoms with Crippen LogP contribution in [0.4, 0.5) is 5.69 Å². The van der Waals surface area contributed by atoms with Crippen molar-refractivity contribution in [2.24, 2.45) is 4.99 Å². The van der Waals surface area contributed by atoms with Gasteiger partial charge in [-0.05, 0) is 42.3 Å². The lowest BCUT2D eigenvalue weighted by Gasteiger charge is -2.07. The summed E-state index contributed by atoms with van der Waals surface area (Å²) in [6.45, 7) is 0. The van der Waals surface area contributed by atoms with Gasteiger partial charge in [0.15, 0.2) is 5.17 Å². The van der Waals surface area contributed by atoms with E-state index >= 15 is 0 Å². The molecule has 3 rings (SSSR count). The summed E-state index contributed by atoms with van der Waals surface area (Å²) in [7, 11) is 0. The second kappa shape index (κ2) is 6.73. The van der Waals surface area contributed by atoms with Crippen LogP contribution < -0.4 is 5.32 Å². The average Bonchev–Trinajstić information content (AvgIpc) is 2.84. The van der Waals surface area contributed by atoms with Crippen LogP contribution in [-0.4, -0.2) is 16.3 Å². The van der Waals surface area contributed by atoms with Crippen LogP contribution in [-0.2, 0) is 11.2 Å². The van der Waals surface area contributed by atoms with E-state index in [-0.39, 0.29) is 11.2 Å². The number of aliphatic imine (C=N–C) groups is 1.